The number of hydrogen-bond donors (Lipinski definition) is 1. The van der Waals surface area contributed by atoms with Gasteiger partial charge in [0, 0.05) is 22.2 Å². The fourth-order valence-corrected chi connectivity index (χ4v) is 2.76. The van der Waals surface area contributed by atoms with E-state index in [1.807, 2.05) is 24.3 Å². The summed E-state index contributed by atoms with van der Waals surface area (Å²) in [4.78, 5) is 4.68. The standard InChI is InChI=1S/C16H14N2S/c1-11-5-7-12(8-6-11)15-10-19-16(18-15)13-3-2-4-14(17)9-13/h2-10H,17H2,1H3. The predicted molar refractivity (Wildman–Crippen MR) is 82.1 cm³/mol. The van der Waals surface area contributed by atoms with E-state index < -0.39 is 0 Å². The summed E-state index contributed by atoms with van der Waals surface area (Å²) in [5.41, 5.74) is 11.1. The van der Waals surface area contributed by atoms with Gasteiger partial charge in [-0.1, -0.05) is 42.0 Å². The molecular formula is C16H14N2S. The highest BCUT2D eigenvalue weighted by Gasteiger charge is 2.06. The zero-order valence-corrected chi connectivity index (χ0v) is 11.4. The minimum absolute atomic E-state index is 0.768. The van der Waals surface area contributed by atoms with Crippen molar-refractivity contribution in [2.75, 3.05) is 5.73 Å². The van der Waals surface area contributed by atoms with Crippen molar-refractivity contribution in [3.63, 3.8) is 0 Å². The van der Waals surface area contributed by atoms with Crippen molar-refractivity contribution in [3.8, 4) is 21.8 Å². The minimum Gasteiger partial charge on any atom is -0.399 e. The number of thiazole rings is 1. The molecule has 94 valence electrons. The van der Waals surface area contributed by atoms with Crippen molar-refractivity contribution in [3.05, 3.63) is 59.5 Å². The molecule has 1 heterocycles. The molecule has 3 rings (SSSR count). The van der Waals surface area contributed by atoms with Crippen LogP contribution in [0.2, 0.25) is 0 Å². The Morgan fingerprint density at radius 3 is 2.53 bits per heavy atom. The topological polar surface area (TPSA) is 38.9 Å². The van der Waals surface area contributed by atoms with Gasteiger partial charge < -0.3 is 5.73 Å². The molecule has 0 saturated heterocycles. The van der Waals surface area contributed by atoms with E-state index in [4.69, 9.17) is 5.73 Å². The molecule has 2 nitrogen and oxygen atoms in total. The lowest BCUT2D eigenvalue weighted by Crippen LogP contribution is -1.85. The summed E-state index contributed by atoms with van der Waals surface area (Å²) in [6.45, 7) is 2.09. The molecule has 3 heteroatoms. The zero-order valence-electron chi connectivity index (χ0n) is 10.6. The van der Waals surface area contributed by atoms with Crippen molar-refractivity contribution in [1.82, 2.24) is 4.98 Å². The SMILES string of the molecule is Cc1ccc(-c2csc(-c3cccc(N)c3)n2)cc1. The molecule has 0 spiro atoms. The molecule has 0 aliphatic carbocycles. The van der Waals surface area contributed by atoms with Crippen LogP contribution in [-0.2, 0) is 0 Å². The van der Waals surface area contributed by atoms with E-state index in [1.54, 1.807) is 11.3 Å². The molecule has 2 N–H and O–H groups in total. The van der Waals surface area contributed by atoms with Crippen LogP contribution in [0.15, 0.2) is 53.9 Å². The predicted octanol–water partition coefficient (Wildman–Crippen LogP) is 4.37. The van der Waals surface area contributed by atoms with Crippen LogP contribution in [0, 0.1) is 6.92 Å². The Hall–Kier alpha value is -2.13. The van der Waals surface area contributed by atoms with Crippen molar-refractivity contribution in [2.45, 2.75) is 6.92 Å². The first-order valence-corrected chi connectivity index (χ1v) is 6.99. The van der Waals surface area contributed by atoms with E-state index >= 15 is 0 Å². The summed E-state index contributed by atoms with van der Waals surface area (Å²) >= 11 is 1.64. The Morgan fingerprint density at radius 1 is 1.00 bits per heavy atom. The van der Waals surface area contributed by atoms with Crippen LogP contribution < -0.4 is 5.73 Å². The van der Waals surface area contributed by atoms with Crippen molar-refractivity contribution in [2.24, 2.45) is 0 Å². The molecule has 0 aliphatic heterocycles. The number of anilines is 1. The van der Waals surface area contributed by atoms with Gasteiger partial charge in [0.25, 0.3) is 0 Å². The van der Waals surface area contributed by atoms with E-state index in [0.29, 0.717) is 0 Å². The molecular weight excluding hydrogens is 252 g/mol. The Kier molecular flexibility index (Phi) is 3.05. The molecule has 19 heavy (non-hydrogen) atoms. The second-order valence-electron chi connectivity index (χ2n) is 4.53. The summed E-state index contributed by atoms with van der Waals surface area (Å²) in [5.74, 6) is 0. The molecule has 0 unspecified atom stereocenters. The third-order valence-corrected chi connectivity index (χ3v) is 3.88. The normalized spacial score (nSPS) is 10.6. The molecule has 2 aromatic carbocycles. The highest BCUT2D eigenvalue weighted by molar-refractivity contribution is 7.13. The van der Waals surface area contributed by atoms with Crippen LogP contribution in [0.5, 0.6) is 0 Å². The lowest BCUT2D eigenvalue weighted by Gasteiger charge is -1.99. The number of hydrogen-bond acceptors (Lipinski definition) is 3. The second-order valence-corrected chi connectivity index (χ2v) is 5.39. The van der Waals surface area contributed by atoms with Crippen molar-refractivity contribution in [1.29, 1.82) is 0 Å². The van der Waals surface area contributed by atoms with E-state index in [0.717, 1.165) is 27.5 Å². The maximum Gasteiger partial charge on any atom is 0.124 e. The highest BCUT2D eigenvalue weighted by Crippen LogP contribution is 2.29. The Morgan fingerprint density at radius 2 is 1.79 bits per heavy atom. The number of aromatic nitrogens is 1. The fraction of sp³-hybridized carbons (Fsp3) is 0.0625. The second kappa shape index (κ2) is 4.86. The van der Waals surface area contributed by atoms with Crippen LogP contribution in [0.25, 0.3) is 21.8 Å². The van der Waals surface area contributed by atoms with Gasteiger partial charge in [0.2, 0.25) is 0 Å². The van der Waals surface area contributed by atoms with Gasteiger partial charge in [0.15, 0.2) is 0 Å². The lowest BCUT2D eigenvalue weighted by molar-refractivity contribution is 1.39. The fourth-order valence-electron chi connectivity index (χ4n) is 1.93. The van der Waals surface area contributed by atoms with Crippen LogP contribution >= 0.6 is 11.3 Å². The summed E-state index contributed by atoms with van der Waals surface area (Å²) in [6, 6.07) is 16.3. The van der Waals surface area contributed by atoms with E-state index in [2.05, 4.69) is 41.6 Å². The Labute approximate surface area is 116 Å². The van der Waals surface area contributed by atoms with Gasteiger partial charge in [-0.25, -0.2) is 4.98 Å². The van der Waals surface area contributed by atoms with Crippen LogP contribution in [0.3, 0.4) is 0 Å². The van der Waals surface area contributed by atoms with Gasteiger partial charge >= 0.3 is 0 Å². The van der Waals surface area contributed by atoms with Crippen LogP contribution in [0.1, 0.15) is 5.56 Å². The number of nitrogen functional groups attached to an aromatic ring is 1. The monoisotopic (exact) mass is 266 g/mol. The quantitative estimate of drug-likeness (QED) is 0.700. The summed E-state index contributed by atoms with van der Waals surface area (Å²) in [5, 5.41) is 3.09. The van der Waals surface area contributed by atoms with E-state index in [-0.39, 0.29) is 0 Å². The van der Waals surface area contributed by atoms with Gasteiger partial charge in [-0.3, -0.25) is 0 Å². The molecule has 3 aromatic rings. The molecule has 0 radical (unpaired) electrons. The maximum atomic E-state index is 5.81. The first kappa shape index (κ1) is 11.9. The van der Waals surface area contributed by atoms with Crippen molar-refractivity contribution >= 4 is 17.0 Å². The molecule has 0 saturated carbocycles. The average molecular weight is 266 g/mol. The molecule has 0 bridgehead atoms. The molecule has 0 fully saturated rings. The number of aryl methyl sites for hydroxylation is 1. The molecule has 0 atom stereocenters. The third-order valence-electron chi connectivity index (χ3n) is 2.99. The van der Waals surface area contributed by atoms with Crippen molar-refractivity contribution < 1.29 is 0 Å². The van der Waals surface area contributed by atoms with Gasteiger partial charge in [0.1, 0.15) is 5.01 Å². The number of rotatable bonds is 2. The molecule has 1 aromatic heterocycles. The number of nitrogens with zero attached hydrogens (tertiary/aromatic N) is 1. The first-order valence-electron chi connectivity index (χ1n) is 6.11. The molecule has 0 amide bonds. The van der Waals surface area contributed by atoms with Gasteiger partial charge in [-0.2, -0.15) is 0 Å². The summed E-state index contributed by atoms with van der Waals surface area (Å²) in [6.07, 6.45) is 0. The smallest absolute Gasteiger partial charge is 0.124 e. The Balaban J connectivity index is 1.97. The van der Waals surface area contributed by atoms with E-state index in [9.17, 15) is 0 Å². The average Bonchev–Trinajstić information content (AvgIpc) is 2.89. The summed E-state index contributed by atoms with van der Waals surface area (Å²) < 4.78 is 0. The highest BCUT2D eigenvalue weighted by atomic mass is 32.1. The minimum atomic E-state index is 0.768. The largest absolute Gasteiger partial charge is 0.399 e. The van der Waals surface area contributed by atoms with E-state index in [1.165, 1.54) is 5.56 Å². The van der Waals surface area contributed by atoms with Crippen LogP contribution in [-0.4, -0.2) is 4.98 Å². The lowest BCUT2D eigenvalue weighted by atomic mass is 10.1. The number of benzene rings is 2. The van der Waals surface area contributed by atoms with Gasteiger partial charge in [0.05, 0.1) is 5.69 Å². The number of nitrogens with two attached hydrogens (primary N) is 1. The van der Waals surface area contributed by atoms with Gasteiger partial charge in [-0.15, -0.1) is 11.3 Å². The first-order chi connectivity index (χ1) is 9.22. The van der Waals surface area contributed by atoms with Gasteiger partial charge in [-0.05, 0) is 19.1 Å². The van der Waals surface area contributed by atoms with Crippen LogP contribution in [0.4, 0.5) is 5.69 Å². The zero-order chi connectivity index (χ0) is 13.2. The third kappa shape index (κ3) is 2.51. The Bertz CT molecular complexity index is 699. The summed E-state index contributed by atoms with van der Waals surface area (Å²) in [7, 11) is 0. The molecule has 0 aliphatic rings. The maximum absolute atomic E-state index is 5.81.